The summed E-state index contributed by atoms with van der Waals surface area (Å²) in [7, 11) is 0. The predicted octanol–water partition coefficient (Wildman–Crippen LogP) is 3.75. The molecule has 1 heteroatoms. The van der Waals surface area contributed by atoms with Crippen LogP contribution in [-0.4, -0.2) is 6.54 Å². The minimum Gasteiger partial charge on any atom is -0.346 e. The zero-order chi connectivity index (χ0) is 12.2. The van der Waals surface area contributed by atoms with Gasteiger partial charge in [-0.3, -0.25) is 0 Å². The Balaban J connectivity index is 1.89. The lowest BCUT2D eigenvalue weighted by Gasteiger charge is -2.02. The van der Waals surface area contributed by atoms with Crippen LogP contribution in [0.2, 0.25) is 0 Å². The Morgan fingerprint density at radius 2 is 1.65 bits per heavy atom. The van der Waals surface area contributed by atoms with Crippen molar-refractivity contribution in [2.75, 3.05) is 6.54 Å². The van der Waals surface area contributed by atoms with E-state index in [4.69, 9.17) is 0 Å². The Morgan fingerprint density at radius 1 is 0.941 bits per heavy atom. The molecule has 1 aromatic rings. The molecule has 0 aliphatic heterocycles. The number of unbranched alkanes of at least 4 members (excludes halogenated alkanes) is 4. The standard InChI is InChI=1S/C16H23N/c1-2-14-17-15-10-5-3-4-7-11-16-12-8-6-9-13-16/h6,8-9,12-13,17H,3-5,7,10-11,15H2,1H3. The molecule has 0 spiro atoms. The summed E-state index contributed by atoms with van der Waals surface area (Å²) in [6, 6.07) is 13.6. The van der Waals surface area contributed by atoms with Crippen LogP contribution in [-0.2, 0) is 6.42 Å². The molecule has 0 unspecified atom stereocenters. The predicted molar refractivity (Wildman–Crippen MR) is 74.7 cm³/mol. The third kappa shape index (κ3) is 7.47. The summed E-state index contributed by atoms with van der Waals surface area (Å²) in [6.07, 6.45) is 7.77. The molecule has 0 saturated heterocycles. The van der Waals surface area contributed by atoms with E-state index in [0.717, 1.165) is 6.54 Å². The minimum atomic E-state index is 1.03. The molecule has 92 valence electrons. The van der Waals surface area contributed by atoms with E-state index >= 15 is 0 Å². The van der Waals surface area contributed by atoms with Crippen molar-refractivity contribution in [3.63, 3.8) is 0 Å². The first-order chi connectivity index (χ1) is 8.43. The van der Waals surface area contributed by atoms with Crippen LogP contribution in [0, 0.1) is 12.0 Å². The van der Waals surface area contributed by atoms with E-state index in [-0.39, 0.29) is 0 Å². The van der Waals surface area contributed by atoms with E-state index in [1.807, 2.05) is 6.92 Å². The molecule has 1 N–H and O–H groups in total. The first-order valence-electron chi connectivity index (χ1n) is 6.62. The highest BCUT2D eigenvalue weighted by atomic mass is 14.8. The molecular formula is C16H23N. The fourth-order valence-corrected chi connectivity index (χ4v) is 1.87. The Hall–Kier alpha value is -1.42. The van der Waals surface area contributed by atoms with Gasteiger partial charge in [-0.2, -0.15) is 0 Å². The zero-order valence-electron chi connectivity index (χ0n) is 10.8. The number of rotatable bonds is 8. The van der Waals surface area contributed by atoms with Gasteiger partial charge in [-0.15, -0.1) is 0 Å². The quantitative estimate of drug-likeness (QED) is 0.407. The van der Waals surface area contributed by atoms with Crippen molar-refractivity contribution in [3.05, 3.63) is 35.9 Å². The third-order valence-electron chi connectivity index (χ3n) is 2.82. The summed E-state index contributed by atoms with van der Waals surface area (Å²) in [4.78, 5) is 0. The Kier molecular flexibility index (Phi) is 7.85. The topological polar surface area (TPSA) is 12.0 Å². The number of aryl methyl sites for hydroxylation is 1. The smallest absolute Gasteiger partial charge is 0.0229 e. The van der Waals surface area contributed by atoms with Crippen LogP contribution in [0.1, 0.15) is 44.6 Å². The van der Waals surface area contributed by atoms with Crippen molar-refractivity contribution < 1.29 is 0 Å². The van der Waals surface area contributed by atoms with Gasteiger partial charge < -0.3 is 5.32 Å². The first-order valence-corrected chi connectivity index (χ1v) is 6.62. The molecule has 1 aromatic carbocycles. The van der Waals surface area contributed by atoms with Gasteiger partial charge in [0.2, 0.25) is 0 Å². The summed E-state index contributed by atoms with van der Waals surface area (Å²) in [5, 5.41) is 3.09. The van der Waals surface area contributed by atoms with Gasteiger partial charge in [0.25, 0.3) is 0 Å². The molecular weight excluding hydrogens is 206 g/mol. The Labute approximate surface area is 106 Å². The zero-order valence-corrected chi connectivity index (χ0v) is 10.8. The molecule has 0 heterocycles. The van der Waals surface area contributed by atoms with Gasteiger partial charge >= 0.3 is 0 Å². The summed E-state index contributed by atoms with van der Waals surface area (Å²) in [5.74, 6) is 2.84. The van der Waals surface area contributed by atoms with Crippen LogP contribution in [0.25, 0.3) is 0 Å². The maximum absolute atomic E-state index is 3.09. The van der Waals surface area contributed by atoms with Crippen molar-refractivity contribution in [3.8, 4) is 12.0 Å². The van der Waals surface area contributed by atoms with E-state index in [2.05, 4.69) is 47.6 Å². The van der Waals surface area contributed by atoms with E-state index in [1.165, 1.54) is 44.1 Å². The van der Waals surface area contributed by atoms with Crippen molar-refractivity contribution in [1.29, 1.82) is 0 Å². The summed E-state index contributed by atoms with van der Waals surface area (Å²) < 4.78 is 0. The van der Waals surface area contributed by atoms with E-state index < -0.39 is 0 Å². The third-order valence-corrected chi connectivity index (χ3v) is 2.82. The van der Waals surface area contributed by atoms with Gasteiger partial charge in [-0.1, -0.05) is 55.5 Å². The van der Waals surface area contributed by atoms with Gasteiger partial charge in [-0.25, -0.2) is 0 Å². The van der Waals surface area contributed by atoms with Crippen molar-refractivity contribution in [2.24, 2.45) is 0 Å². The van der Waals surface area contributed by atoms with E-state index in [0.29, 0.717) is 0 Å². The van der Waals surface area contributed by atoms with Gasteiger partial charge in [0, 0.05) is 12.6 Å². The van der Waals surface area contributed by atoms with Crippen LogP contribution in [0.4, 0.5) is 0 Å². The largest absolute Gasteiger partial charge is 0.346 e. The fourth-order valence-electron chi connectivity index (χ4n) is 1.87. The van der Waals surface area contributed by atoms with Gasteiger partial charge in [0.15, 0.2) is 0 Å². The monoisotopic (exact) mass is 229 g/mol. The molecule has 0 aliphatic carbocycles. The lowest BCUT2D eigenvalue weighted by molar-refractivity contribution is 0.606. The van der Waals surface area contributed by atoms with Gasteiger partial charge in [0.1, 0.15) is 0 Å². The SMILES string of the molecule is CC#CNCCCCCCCc1ccccc1. The first kappa shape index (κ1) is 13.6. The molecule has 0 saturated carbocycles. The molecule has 17 heavy (non-hydrogen) atoms. The maximum Gasteiger partial charge on any atom is 0.0229 e. The minimum absolute atomic E-state index is 1.03. The number of benzene rings is 1. The number of hydrogen-bond acceptors (Lipinski definition) is 1. The van der Waals surface area contributed by atoms with Crippen molar-refractivity contribution >= 4 is 0 Å². The average Bonchev–Trinajstić information content (AvgIpc) is 2.38. The molecule has 0 fully saturated rings. The second-order valence-corrected chi connectivity index (χ2v) is 4.31. The normalized spacial score (nSPS) is 9.47. The molecule has 1 rings (SSSR count). The van der Waals surface area contributed by atoms with E-state index in [9.17, 15) is 0 Å². The summed E-state index contributed by atoms with van der Waals surface area (Å²) in [6.45, 7) is 2.89. The molecule has 0 aliphatic rings. The summed E-state index contributed by atoms with van der Waals surface area (Å²) in [5.41, 5.74) is 1.47. The van der Waals surface area contributed by atoms with Gasteiger partial charge in [0.05, 0.1) is 0 Å². The second kappa shape index (κ2) is 9.78. The maximum atomic E-state index is 3.09. The highest BCUT2D eigenvalue weighted by molar-refractivity contribution is 5.14. The molecule has 0 bridgehead atoms. The molecule has 0 atom stereocenters. The van der Waals surface area contributed by atoms with Crippen LogP contribution in [0.5, 0.6) is 0 Å². The second-order valence-electron chi connectivity index (χ2n) is 4.31. The fraction of sp³-hybridized carbons (Fsp3) is 0.500. The lowest BCUT2D eigenvalue weighted by Crippen LogP contribution is -2.06. The molecule has 0 aromatic heterocycles. The molecule has 0 radical (unpaired) electrons. The highest BCUT2D eigenvalue weighted by Crippen LogP contribution is 2.08. The van der Waals surface area contributed by atoms with E-state index in [1.54, 1.807) is 0 Å². The molecule has 1 nitrogen and oxygen atoms in total. The average molecular weight is 229 g/mol. The number of nitrogens with one attached hydrogen (secondary N) is 1. The Bertz CT molecular complexity index is 332. The van der Waals surface area contributed by atoms with Crippen LogP contribution in [0.3, 0.4) is 0 Å². The highest BCUT2D eigenvalue weighted by Gasteiger charge is 1.93. The van der Waals surface area contributed by atoms with Crippen LogP contribution >= 0.6 is 0 Å². The van der Waals surface area contributed by atoms with Crippen LogP contribution in [0.15, 0.2) is 30.3 Å². The Morgan fingerprint density at radius 3 is 2.41 bits per heavy atom. The van der Waals surface area contributed by atoms with Crippen molar-refractivity contribution in [2.45, 2.75) is 45.4 Å². The van der Waals surface area contributed by atoms with Crippen molar-refractivity contribution in [1.82, 2.24) is 5.32 Å². The van der Waals surface area contributed by atoms with Gasteiger partial charge in [-0.05, 0) is 31.7 Å². The van der Waals surface area contributed by atoms with Crippen LogP contribution < -0.4 is 5.32 Å². The summed E-state index contributed by atoms with van der Waals surface area (Å²) >= 11 is 0. The molecule has 0 amide bonds. The lowest BCUT2D eigenvalue weighted by atomic mass is 10.1. The number of hydrogen-bond donors (Lipinski definition) is 1.